The number of nitrogens with zero attached hydrogens (tertiary/aromatic N) is 2. The van der Waals surface area contributed by atoms with Crippen molar-refractivity contribution in [1.82, 2.24) is 9.55 Å². The van der Waals surface area contributed by atoms with Crippen LogP contribution in [0.4, 0.5) is 0 Å². The van der Waals surface area contributed by atoms with Crippen LogP contribution in [0.25, 0.3) is 38.4 Å². The third kappa shape index (κ3) is 5.19. The molecule has 2 aromatic heterocycles. The van der Waals surface area contributed by atoms with Gasteiger partial charge in [0.1, 0.15) is 0 Å². The maximum absolute atomic E-state index is 15.0. The number of hydrogen-bond acceptors (Lipinski definition) is 2. The molecular formula is C45H32N2OP2. The minimum atomic E-state index is -3.07. The number of rotatable bonds is 7. The maximum Gasteiger partial charge on any atom is 0.171 e. The average molecular weight is 679 g/mol. The van der Waals surface area contributed by atoms with E-state index in [9.17, 15) is 0 Å². The number of hydrogen-bond donors (Lipinski definition) is 0. The third-order valence-corrected chi connectivity index (χ3v) is 14.9. The van der Waals surface area contributed by atoms with Crippen molar-refractivity contribution in [2.75, 3.05) is 0 Å². The summed E-state index contributed by atoms with van der Waals surface area (Å²) < 4.78 is 17.4. The van der Waals surface area contributed by atoms with Gasteiger partial charge in [-0.15, -0.1) is 0 Å². The number of para-hydroxylation sites is 2. The van der Waals surface area contributed by atoms with Gasteiger partial charge in [0.25, 0.3) is 0 Å². The minimum Gasteiger partial charge on any atom is -0.309 e. The molecule has 0 saturated carbocycles. The number of fused-ring (bicyclic) bond motifs is 4. The largest absolute Gasteiger partial charge is 0.309 e. The highest BCUT2D eigenvalue weighted by Crippen LogP contribution is 2.43. The number of aromatic nitrogens is 2. The van der Waals surface area contributed by atoms with E-state index in [1.165, 1.54) is 26.7 Å². The molecule has 238 valence electrons. The highest BCUT2D eigenvalue weighted by molar-refractivity contribution is 7.85. The van der Waals surface area contributed by atoms with Crippen LogP contribution < -0.4 is 31.8 Å². The molecule has 0 aliphatic carbocycles. The first kappa shape index (κ1) is 30.5. The van der Waals surface area contributed by atoms with E-state index in [1.807, 2.05) is 78.9 Å². The molecule has 2 heterocycles. The van der Waals surface area contributed by atoms with E-state index in [1.54, 1.807) is 0 Å². The van der Waals surface area contributed by atoms with Gasteiger partial charge < -0.3 is 9.13 Å². The van der Waals surface area contributed by atoms with Gasteiger partial charge >= 0.3 is 0 Å². The van der Waals surface area contributed by atoms with Crippen molar-refractivity contribution in [2.24, 2.45) is 0 Å². The Hall–Kier alpha value is -5.59. The second kappa shape index (κ2) is 12.7. The van der Waals surface area contributed by atoms with E-state index in [4.69, 9.17) is 4.98 Å². The van der Waals surface area contributed by atoms with Crippen molar-refractivity contribution in [3.63, 3.8) is 0 Å². The fraction of sp³-hybridized carbons (Fsp3) is 0. The van der Waals surface area contributed by atoms with Crippen molar-refractivity contribution in [3.05, 3.63) is 194 Å². The summed E-state index contributed by atoms with van der Waals surface area (Å²) in [7, 11) is -3.93. The Bertz CT molecular complexity index is 2630. The Morgan fingerprint density at radius 1 is 0.460 bits per heavy atom. The van der Waals surface area contributed by atoms with Gasteiger partial charge in [0, 0.05) is 49.3 Å². The molecule has 0 bridgehead atoms. The summed E-state index contributed by atoms with van der Waals surface area (Å²) in [6.45, 7) is 0. The molecule has 0 saturated heterocycles. The Kier molecular flexibility index (Phi) is 7.74. The Balaban J connectivity index is 1.19. The molecule has 7 aromatic carbocycles. The summed E-state index contributed by atoms with van der Waals surface area (Å²) in [6, 6.07) is 65.0. The van der Waals surface area contributed by atoms with Gasteiger partial charge in [-0.3, -0.25) is 4.98 Å². The monoisotopic (exact) mass is 678 g/mol. The summed E-state index contributed by atoms with van der Waals surface area (Å²) in [4.78, 5) is 4.86. The summed E-state index contributed by atoms with van der Waals surface area (Å²) >= 11 is 0. The van der Waals surface area contributed by atoms with Crippen LogP contribution in [0.2, 0.25) is 0 Å². The molecule has 0 N–H and O–H groups in total. The lowest BCUT2D eigenvalue weighted by Gasteiger charge is -2.21. The van der Waals surface area contributed by atoms with E-state index in [0.29, 0.717) is 0 Å². The van der Waals surface area contributed by atoms with E-state index >= 15 is 4.57 Å². The van der Waals surface area contributed by atoms with E-state index in [-0.39, 0.29) is 0 Å². The molecular weight excluding hydrogens is 646 g/mol. The van der Waals surface area contributed by atoms with Crippen LogP contribution >= 0.6 is 15.1 Å². The smallest absolute Gasteiger partial charge is 0.171 e. The van der Waals surface area contributed by atoms with Gasteiger partial charge in [-0.2, -0.15) is 0 Å². The molecule has 1 atom stereocenters. The van der Waals surface area contributed by atoms with Crippen LogP contribution in [-0.2, 0) is 4.57 Å². The van der Waals surface area contributed by atoms with Crippen molar-refractivity contribution in [2.45, 2.75) is 0 Å². The predicted octanol–water partition coefficient (Wildman–Crippen LogP) is 8.73. The Morgan fingerprint density at radius 2 is 1.04 bits per heavy atom. The zero-order valence-electron chi connectivity index (χ0n) is 27.2. The summed E-state index contributed by atoms with van der Waals surface area (Å²) in [6.07, 6.45) is 2.06. The molecule has 0 fully saturated rings. The minimum absolute atomic E-state index is 0.819. The maximum atomic E-state index is 15.0. The van der Waals surface area contributed by atoms with Crippen LogP contribution in [0.15, 0.2) is 194 Å². The fourth-order valence-corrected chi connectivity index (χ4v) is 12.1. The highest BCUT2D eigenvalue weighted by Gasteiger charge is 2.29. The lowest BCUT2D eigenvalue weighted by Crippen LogP contribution is -2.24. The van der Waals surface area contributed by atoms with Crippen molar-refractivity contribution >= 4 is 79.6 Å². The van der Waals surface area contributed by atoms with E-state index < -0.39 is 15.1 Å². The van der Waals surface area contributed by atoms with Crippen LogP contribution in [0.3, 0.4) is 0 Å². The molecule has 0 amide bonds. The SMILES string of the molecule is O=P(c1ccccc1)(c1ccccc1)c1ccc(-n2c3ccccc3c3cc(P(c4ccccc4)c4cnc5ccccc5c4)ccc32)cc1. The first-order chi connectivity index (χ1) is 24.7. The summed E-state index contributed by atoms with van der Waals surface area (Å²) in [5, 5.41) is 9.84. The van der Waals surface area contributed by atoms with Crippen LogP contribution in [-0.4, -0.2) is 9.55 Å². The van der Waals surface area contributed by atoms with Crippen LogP contribution in [0, 0.1) is 0 Å². The fourth-order valence-electron chi connectivity index (χ4n) is 7.12. The van der Waals surface area contributed by atoms with Gasteiger partial charge in [0.05, 0.1) is 16.6 Å². The molecule has 3 nitrogen and oxygen atoms in total. The van der Waals surface area contributed by atoms with Gasteiger partial charge in [-0.25, -0.2) is 0 Å². The molecule has 5 heteroatoms. The molecule has 1 unspecified atom stereocenters. The second-order valence-corrected chi connectivity index (χ2v) is 17.4. The Labute approximate surface area is 292 Å². The standard InChI is InChI=1S/C45H32N2OP2/c48-50(38-17-6-2-7-18-38,39-19-8-3-9-20-39)40-27-24-34(25-28-40)47-44-23-13-11-21-41(44)42-31-36(26-29-45(42)47)49(35-15-4-1-5-16-35)37-30-33-14-10-12-22-43(33)46-32-37/h1-32H. The van der Waals surface area contributed by atoms with Crippen LogP contribution in [0.5, 0.6) is 0 Å². The lowest BCUT2D eigenvalue weighted by molar-refractivity contribution is 0.592. The summed E-state index contributed by atoms with van der Waals surface area (Å²) in [5.74, 6) is 0. The van der Waals surface area contributed by atoms with Gasteiger partial charge in [-0.05, 0) is 73.1 Å². The quantitative estimate of drug-likeness (QED) is 0.158. The second-order valence-electron chi connectivity index (χ2n) is 12.4. The van der Waals surface area contributed by atoms with E-state index in [2.05, 4.69) is 120 Å². The molecule has 9 rings (SSSR count). The van der Waals surface area contributed by atoms with E-state index in [0.717, 1.165) is 43.5 Å². The number of benzene rings is 7. The van der Waals surface area contributed by atoms with Crippen molar-refractivity contribution in [1.29, 1.82) is 0 Å². The van der Waals surface area contributed by atoms with Crippen LogP contribution in [0.1, 0.15) is 0 Å². The molecule has 0 aliphatic rings. The topological polar surface area (TPSA) is 34.9 Å². The first-order valence-electron chi connectivity index (χ1n) is 16.7. The molecule has 50 heavy (non-hydrogen) atoms. The molecule has 9 aromatic rings. The Morgan fingerprint density at radius 3 is 1.76 bits per heavy atom. The van der Waals surface area contributed by atoms with Gasteiger partial charge in [-0.1, -0.05) is 133 Å². The third-order valence-electron chi connectivity index (χ3n) is 9.47. The lowest BCUT2D eigenvalue weighted by atomic mass is 10.1. The highest BCUT2D eigenvalue weighted by atomic mass is 31.2. The predicted molar refractivity (Wildman–Crippen MR) is 214 cm³/mol. The first-order valence-corrected chi connectivity index (χ1v) is 19.8. The van der Waals surface area contributed by atoms with Gasteiger partial charge in [0.2, 0.25) is 0 Å². The van der Waals surface area contributed by atoms with Gasteiger partial charge in [0.15, 0.2) is 7.14 Å². The average Bonchev–Trinajstić information content (AvgIpc) is 3.52. The van der Waals surface area contributed by atoms with Crippen molar-refractivity contribution < 1.29 is 4.57 Å². The molecule has 0 radical (unpaired) electrons. The zero-order chi connectivity index (χ0) is 33.5. The summed E-state index contributed by atoms with van der Waals surface area (Å²) in [5.41, 5.74) is 4.31. The van der Waals surface area contributed by atoms with Crippen molar-refractivity contribution in [3.8, 4) is 5.69 Å². The number of pyridine rings is 1. The zero-order valence-corrected chi connectivity index (χ0v) is 29.0. The molecule has 0 aliphatic heterocycles. The molecule has 0 spiro atoms. The normalized spacial score (nSPS) is 12.4.